The van der Waals surface area contributed by atoms with Crippen LogP contribution in [0.15, 0.2) is 66.2 Å². The number of rotatable bonds is 6. The Kier molecular flexibility index (Phi) is 4.84. The number of ether oxygens (including phenoxy) is 2. The monoisotopic (exact) mass is 366 g/mol. The lowest BCUT2D eigenvalue weighted by molar-refractivity contribution is 0.0177. The Morgan fingerprint density at radius 1 is 1.15 bits per heavy atom. The van der Waals surface area contributed by atoms with E-state index in [1.54, 1.807) is 17.2 Å². The molecule has 0 bridgehead atoms. The number of carbonyl (C=O) groups is 1. The van der Waals surface area contributed by atoms with Crippen LogP contribution in [0.5, 0.6) is 10.9 Å². The van der Waals surface area contributed by atoms with Gasteiger partial charge in [0, 0.05) is 17.1 Å². The molecule has 0 aliphatic carbocycles. The number of amides is 1. The zero-order valence-electron chi connectivity index (χ0n) is 14.1. The second-order valence-corrected chi connectivity index (χ2v) is 6.91. The van der Waals surface area contributed by atoms with Gasteiger partial charge in [-0.15, -0.1) is 0 Å². The van der Waals surface area contributed by atoms with Crippen LogP contribution in [0.4, 0.5) is 0 Å². The Bertz CT molecular complexity index is 862. The van der Waals surface area contributed by atoms with Crippen molar-refractivity contribution < 1.29 is 14.3 Å². The summed E-state index contributed by atoms with van der Waals surface area (Å²) in [5, 5.41) is 2.52. The van der Waals surface area contributed by atoms with Gasteiger partial charge in [0.2, 0.25) is 0 Å². The molecule has 0 spiro atoms. The minimum absolute atomic E-state index is 0.00542. The topological polar surface area (TPSA) is 51.7 Å². The van der Waals surface area contributed by atoms with Gasteiger partial charge in [-0.3, -0.25) is 4.79 Å². The van der Waals surface area contributed by atoms with Crippen LogP contribution in [0.1, 0.15) is 15.9 Å². The fourth-order valence-corrected chi connectivity index (χ4v) is 3.28. The van der Waals surface area contributed by atoms with Gasteiger partial charge < -0.3 is 14.4 Å². The van der Waals surface area contributed by atoms with Gasteiger partial charge in [-0.2, -0.15) is 0 Å². The van der Waals surface area contributed by atoms with Crippen molar-refractivity contribution in [2.24, 2.45) is 0 Å². The van der Waals surface area contributed by atoms with Gasteiger partial charge in [0.15, 0.2) is 0 Å². The molecule has 4 rings (SSSR count). The molecule has 1 aliphatic rings. The fourth-order valence-electron chi connectivity index (χ4n) is 2.73. The summed E-state index contributed by atoms with van der Waals surface area (Å²) in [5.74, 6) is 0.685. The minimum atomic E-state index is -0.00542. The molecule has 0 saturated carbocycles. The third-order valence-electron chi connectivity index (χ3n) is 4.14. The number of aromatic nitrogens is 1. The Hall–Kier alpha value is -2.86. The summed E-state index contributed by atoms with van der Waals surface area (Å²) in [6, 6.07) is 17.3. The molecule has 1 fully saturated rings. The number of thiazole rings is 1. The van der Waals surface area contributed by atoms with Gasteiger partial charge in [0.25, 0.3) is 11.1 Å². The number of carbonyl (C=O) groups excluding carboxylic acids is 1. The molecule has 0 unspecified atom stereocenters. The summed E-state index contributed by atoms with van der Waals surface area (Å²) >= 11 is 1.46. The van der Waals surface area contributed by atoms with E-state index < -0.39 is 0 Å². The first-order valence-electron chi connectivity index (χ1n) is 8.40. The Balaban J connectivity index is 1.32. The molecule has 1 amide bonds. The van der Waals surface area contributed by atoms with E-state index in [0.717, 1.165) is 5.56 Å². The highest BCUT2D eigenvalue weighted by Gasteiger charge is 2.33. The quantitative estimate of drug-likeness (QED) is 0.669. The molecule has 6 heteroatoms. The smallest absolute Gasteiger partial charge is 0.273 e. The van der Waals surface area contributed by atoms with E-state index in [2.05, 4.69) is 4.98 Å². The number of hydrogen-bond donors (Lipinski definition) is 0. The van der Waals surface area contributed by atoms with Crippen LogP contribution in [0, 0.1) is 0 Å². The van der Waals surface area contributed by atoms with Crippen molar-refractivity contribution in [2.75, 3.05) is 13.1 Å². The highest BCUT2D eigenvalue weighted by atomic mass is 32.1. The van der Waals surface area contributed by atoms with E-state index >= 15 is 0 Å². The SMILES string of the molecule is O=C(c1cccc(OCc2ccccc2)c1)N1CC(Oc2nccs2)C1. The predicted molar refractivity (Wildman–Crippen MR) is 99.6 cm³/mol. The van der Waals surface area contributed by atoms with Crippen LogP contribution in [0.2, 0.25) is 0 Å². The molecule has 1 aromatic heterocycles. The Morgan fingerprint density at radius 3 is 2.77 bits per heavy atom. The average molecular weight is 366 g/mol. The van der Waals surface area contributed by atoms with Crippen LogP contribution < -0.4 is 9.47 Å². The Labute approximate surface area is 155 Å². The van der Waals surface area contributed by atoms with Gasteiger partial charge in [-0.05, 0) is 23.8 Å². The van der Waals surface area contributed by atoms with Gasteiger partial charge in [0.1, 0.15) is 18.5 Å². The molecule has 132 valence electrons. The largest absolute Gasteiger partial charge is 0.489 e. The lowest BCUT2D eigenvalue weighted by Crippen LogP contribution is -2.56. The van der Waals surface area contributed by atoms with E-state index in [1.165, 1.54) is 11.3 Å². The maximum Gasteiger partial charge on any atom is 0.273 e. The first-order valence-corrected chi connectivity index (χ1v) is 9.28. The van der Waals surface area contributed by atoms with Crippen molar-refractivity contribution in [3.63, 3.8) is 0 Å². The van der Waals surface area contributed by atoms with Crippen LogP contribution >= 0.6 is 11.3 Å². The average Bonchev–Trinajstić information content (AvgIpc) is 3.16. The molecule has 26 heavy (non-hydrogen) atoms. The maximum absolute atomic E-state index is 12.6. The van der Waals surface area contributed by atoms with Crippen LogP contribution in [-0.2, 0) is 6.61 Å². The zero-order valence-corrected chi connectivity index (χ0v) is 14.9. The summed E-state index contributed by atoms with van der Waals surface area (Å²) in [6.07, 6.45) is 1.73. The molecular weight excluding hydrogens is 348 g/mol. The van der Waals surface area contributed by atoms with E-state index in [1.807, 2.05) is 53.9 Å². The third-order valence-corrected chi connectivity index (χ3v) is 4.80. The Morgan fingerprint density at radius 2 is 2.00 bits per heavy atom. The lowest BCUT2D eigenvalue weighted by Gasteiger charge is -2.38. The van der Waals surface area contributed by atoms with E-state index in [4.69, 9.17) is 9.47 Å². The second-order valence-electron chi connectivity index (χ2n) is 6.05. The summed E-state index contributed by atoms with van der Waals surface area (Å²) < 4.78 is 11.5. The highest BCUT2D eigenvalue weighted by Crippen LogP contribution is 2.23. The van der Waals surface area contributed by atoms with Crippen molar-refractivity contribution >= 4 is 17.2 Å². The fraction of sp³-hybridized carbons (Fsp3) is 0.200. The summed E-state index contributed by atoms with van der Waals surface area (Å²) in [7, 11) is 0. The molecule has 5 nitrogen and oxygen atoms in total. The van der Waals surface area contributed by atoms with Gasteiger partial charge in [-0.25, -0.2) is 4.98 Å². The first kappa shape index (κ1) is 16.6. The standard InChI is InChI=1S/C20H18N2O3S/c23-19(22-12-18(13-22)25-20-21-9-10-26-20)16-7-4-8-17(11-16)24-14-15-5-2-1-3-6-15/h1-11,18H,12-14H2. The van der Waals surface area contributed by atoms with Crippen LogP contribution in [0.25, 0.3) is 0 Å². The zero-order chi connectivity index (χ0) is 17.8. The number of likely N-dealkylation sites (tertiary alicyclic amines) is 1. The molecule has 0 atom stereocenters. The molecule has 2 aromatic carbocycles. The lowest BCUT2D eigenvalue weighted by atomic mass is 10.1. The van der Waals surface area contributed by atoms with Crippen LogP contribution in [0.3, 0.4) is 0 Å². The minimum Gasteiger partial charge on any atom is -0.489 e. The number of benzene rings is 2. The van der Waals surface area contributed by atoms with Crippen LogP contribution in [-0.4, -0.2) is 35.0 Å². The summed E-state index contributed by atoms with van der Waals surface area (Å²) in [6.45, 7) is 1.63. The van der Waals surface area contributed by atoms with E-state index in [-0.39, 0.29) is 12.0 Å². The summed E-state index contributed by atoms with van der Waals surface area (Å²) in [4.78, 5) is 18.5. The van der Waals surface area contributed by atoms with Gasteiger partial charge in [0.05, 0.1) is 13.1 Å². The molecule has 3 aromatic rings. The van der Waals surface area contributed by atoms with Crippen molar-refractivity contribution in [1.82, 2.24) is 9.88 Å². The van der Waals surface area contributed by atoms with Gasteiger partial charge in [-0.1, -0.05) is 47.7 Å². The third kappa shape index (κ3) is 3.86. The number of hydrogen-bond acceptors (Lipinski definition) is 5. The van der Waals surface area contributed by atoms with Crippen molar-refractivity contribution in [3.8, 4) is 10.9 Å². The van der Waals surface area contributed by atoms with E-state index in [0.29, 0.717) is 36.2 Å². The molecule has 2 heterocycles. The predicted octanol–water partition coefficient (Wildman–Crippen LogP) is 3.63. The molecular formula is C20H18N2O3S. The van der Waals surface area contributed by atoms with E-state index in [9.17, 15) is 4.79 Å². The first-order chi connectivity index (χ1) is 12.8. The highest BCUT2D eigenvalue weighted by molar-refractivity contribution is 7.11. The maximum atomic E-state index is 12.6. The van der Waals surface area contributed by atoms with Crippen molar-refractivity contribution in [3.05, 3.63) is 77.3 Å². The normalized spacial score (nSPS) is 13.9. The van der Waals surface area contributed by atoms with Crippen molar-refractivity contribution in [2.45, 2.75) is 12.7 Å². The van der Waals surface area contributed by atoms with Gasteiger partial charge >= 0.3 is 0 Å². The van der Waals surface area contributed by atoms with Crippen molar-refractivity contribution in [1.29, 1.82) is 0 Å². The molecule has 1 aliphatic heterocycles. The number of nitrogens with zero attached hydrogens (tertiary/aromatic N) is 2. The second kappa shape index (κ2) is 7.58. The summed E-state index contributed by atoms with van der Waals surface area (Å²) in [5.41, 5.74) is 1.72. The molecule has 0 N–H and O–H groups in total. The molecule has 0 radical (unpaired) electrons. The molecule has 1 saturated heterocycles.